The van der Waals surface area contributed by atoms with Crippen LogP contribution >= 0.6 is 0 Å². The van der Waals surface area contributed by atoms with Crippen LogP contribution in [0.15, 0.2) is 35.2 Å². The Labute approximate surface area is 186 Å². The zero-order valence-corrected chi connectivity index (χ0v) is 19.1. The zero-order valence-electron chi connectivity index (χ0n) is 18.3. The van der Waals surface area contributed by atoms with Gasteiger partial charge in [0.05, 0.1) is 24.2 Å². The molecule has 0 saturated carbocycles. The first-order chi connectivity index (χ1) is 15.3. The molecule has 32 heavy (non-hydrogen) atoms. The Morgan fingerprint density at radius 2 is 1.88 bits per heavy atom. The molecule has 0 bridgehead atoms. The van der Waals surface area contributed by atoms with Gasteiger partial charge in [-0.1, -0.05) is 12.1 Å². The molecule has 10 nitrogen and oxygen atoms in total. The number of aryl methyl sites for hydroxylation is 2. The topological polar surface area (TPSA) is 124 Å². The first-order valence-electron chi connectivity index (χ1n) is 10.3. The van der Waals surface area contributed by atoms with E-state index in [1.165, 1.54) is 4.31 Å². The maximum atomic E-state index is 13.1. The molecule has 1 amide bonds. The number of ether oxygens (including phenoxy) is 1. The number of aromatic amines is 2. The van der Waals surface area contributed by atoms with Crippen molar-refractivity contribution in [3.05, 3.63) is 47.4 Å². The van der Waals surface area contributed by atoms with E-state index in [1.54, 1.807) is 31.9 Å². The SMILES string of the molecule is COc1cccc(-c2cc(C(=O)N3CCCN(S(=O)(=O)c4c(C)n[nH]c4C)CC3)[nH]n2)c1. The summed E-state index contributed by atoms with van der Waals surface area (Å²) in [5.41, 5.74) is 2.79. The number of methoxy groups -OCH3 is 1. The van der Waals surface area contributed by atoms with Gasteiger partial charge in [0.15, 0.2) is 0 Å². The summed E-state index contributed by atoms with van der Waals surface area (Å²) in [6, 6.07) is 9.14. The van der Waals surface area contributed by atoms with Crippen molar-refractivity contribution >= 4 is 15.9 Å². The van der Waals surface area contributed by atoms with Gasteiger partial charge < -0.3 is 9.64 Å². The molecule has 3 aromatic rings. The maximum Gasteiger partial charge on any atom is 0.271 e. The number of hydrogen-bond acceptors (Lipinski definition) is 6. The van der Waals surface area contributed by atoms with Crippen LogP contribution in [0.25, 0.3) is 11.3 Å². The fourth-order valence-corrected chi connectivity index (χ4v) is 5.72. The van der Waals surface area contributed by atoms with Crippen molar-refractivity contribution < 1.29 is 17.9 Å². The van der Waals surface area contributed by atoms with Gasteiger partial charge in [-0.25, -0.2) is 8.42 Å². The van der Waals surface area contributed by atoms with Crippen LogP contribution in [0, 0.1) is 13.8 Å². The van der Waals surface area contributed by atoms with E-state index in [2.05, 4.69) is 20.4 Å². The normalized spacial score (nSPS) is 15.5. The number of nitrogens with zero attached hydrogens (tertiary/aromatic N) is 4. The largest absolute Gasteiger partial charge is 0.497 e. The van der Waals surface area contributed by atoms with Crippen molar-refractivity contribution in [3.8, 4) is 17.0 Å². The molecule has 1 saturated heterocycles. The van der Waals surface area contributed by atoms with E-state index >= 15 is 0 Å². The van der Waals surface area contributed by atoms with Crippen LogP contribution in [-0.4, -0.2) is 77.2 Å². The van der Waals surface area contributed by atoms with Crippen molar-refractivity contribution in [2.45, 2.75) is 25.2 Å². The molecular formula is C21H26N6O4S. The number of hydrogen-bond donors (Lipinski definition) is 2. The minimum Gasteiger partial charge on any atom is -0.497 e. The lowest BCUT2D eigenvalue weighted by Gasteiger charge is -2.21. The quantitative estimate of drug-likeness (QED) is 0.602. The Kier molecular flexibility index (Phi) is 6.02. The Morgan fingerprint density at radius 1 is 1.06 bits per heavy atom. The second-order valence-corrected chi connectivity index (χ2v) is 9.59. The number of carbonyl (C=O) groups excluding carboxylic acids is 1. The molecule has 1 fully saturated rings. The van der Waals surface area contributed by atoms with Crippen LogP contribution in [0.4, 0.5) is 0 Å². The number of benzene rings is 1. The van der Waals surface area contributed by atoms with Crippen LogP contribution in [0.1, 0.15) is 28.3 Å². The van der Waals surface area contributed by atoms with E-state index in [4.69, 9.17) is 4.74 Å². The highest BCUT2D eigenvalue weighted by Gasteiger charge is 2.32. The third kappa shape index (κ3) is 4.13. The number of amides is 1. The zero-order chi connectivity index (χ0) is 22.9. The standard InChI is InChI=1S/C21H26N6O4S/c1-14-20(15(2)23-22-14)32(29,30)27-9-5-8-26(10-11-27)21(28)19-13-18(24-25-19)16-6-4-7-17(12-16)31-3/h4,6-7,12-13H,5,8-11H2,1-3H3,(H,22,23)(H,24,25). The molecule has 11 heteroatoms. The van der Waals surface area contributed by atoms with Gasteiger partial charge >= 0.3 is 0 Å². The van der Waals surface area contributed by atoms with E-state index in [0.29, 0.717) is 54.6 Å². The smallest absolute Gasteiger partial charge is 0.271 e. The summed E-state index contributed by atoms with van der Waals surface area (Å²) in [7, 11) is -2.09. The summed E-state index contributed by atoms with van der Waals surface area (Å²) in [4.78, 5) is 14.9. The summed E-state index contributed by atoms with van der Waals surface area (Å²) in [5.74, 6) is 0.497. The molecule has 3 heterocycles. The van der Waals surface area contributed by atoms with Gasteiger partial charge in [-0.05, 0) is 38.5 Å². The number of carbonyl (C=O) groups is 1. The summed E-state index contributed by atoms with van der Waals surface area (Å²) in [5, 5.41) is 13.8. The van der Waals surface area contributed by atoms with Gasteiger partial charge in [0.25, 0.3) is 5.91 Å². The highest BCUT2D eigenvalue weighted by molar-refractivity contribution is 7.89. The second-order valence-electron chi connectivity index (χ2n) is 7.71. The molecule has 0 atom stereocenters. The molecule has 2 aromatic heterocycles. The number of aromatic nitrogens is 4. The van der Waals surface area contributed by atoms with E-state index in [0.717, 1.165) is 5.56 Å². The van der Waals surface area contributed by atoms with Crippen molar-refractivity contribution in [2.24, 2.45) is 0 Å². The third-order valence-electron chi connectivity index (χ3n) is 5.57. The van der Waals surface area contributed by atoms with Gasteiger partial charge in [0, 0.05) is 31.7 Å². The lowest BCUT2D eigenvalue weighted by atomic mass is 10.1. The van der Waals surface area contributed by atoms with E-state index < -0.39 is 10.0 Å². The van der Waals surface area contributed by atoms with Gasteiger partial charge in [0.1, 0.15) is 16.3 Å². The molecule has 0 spiro atoms. The molecule has 4 rings (SSSR count). The Hall–Kier alpha value is -3.18. The lowest BCUT2D eigenvalue weighted by Crippen LogP contribution is -2.37. The van der Waals surface area contributed by atoms with Gasteiger partial charge in [-0.15, -0.1) is 0 Å². The first-order valence-corrected chi connectivity index (χ1v) is 11.8. The fraction of sp³-hybridized carbons (Fsp3) is 0.381. The Bertz CT molecular complexity index is 1210. The highest BCUT2D eigenvalue weighted by Crippen LogP contribution is 2.25. The molecule has 2 N–H and O–H groups in total. The molecule has 0 radical (unpaired) electrons. The van der Waals surface area contributed by atoms with E-state index in [-0.39, 0.29) is 17.3 Å². The minimum atomic E-state index is -3.69. The van der Waals surface area contributed by atoms with Crippen molar-refractivity contribution in [3.63, 3.8) is 0 Å². The van der Waals surface area contributed by atoms with E-state index in [9.17, 15) is 13.2 Å². The van der Waals surface area contributed by atoms with Crippen LogP contribution in [0.5, 0.6) is 5.75 Å². The average Bonchev–Trinajstić information content (AvgIpc) is 3.32. The van der Waals surface area contributed by atoms with Crippen molar-refractivity contribution in [1.82, 2.24) is 29.6 Å². The van der Waals surface area contributed by atoms with Crippen molar-refractivity contribution in [1.29, 1.82) is 0 Å². The Morgan fingerprint density at radius 3 is 2.59 bits per heavy atom. The number of rotatable bonds is 5. The number of H-pyrrole nitrogens is 2. The molecule has 1 aliphatic heterocycles. The molecule has 170 valence electrons. The minimum absolute atomic E-state index is 0.207. The maximum absolute atomic E-state index is 13.1. The monoisotopic (exact) mass is 458 g/mol. The van der Waals surface area contributed by atoms with Gasteiger partial charge in [-0.3, -0.25) is 15.0 Å². The van der Waals surface area contributed by atoms with Crippen molar-refractivity contribution in [2.75, 3.05) is 33.3 Å². The average molecular weight is 459 g/mol. The third-order valence-corrected chi connectivity index (χ3v) is 7.74. The molecule has 1 aromatic carbocycles. The second kappa shape index (κ2) is 8.75. The summed E-state index contributed by atoms with van der Waals surface area (Å²) in [6.45, 7) is 4.67. The van der Waals surface area contributed by atoms with Crippen LogP contribution in [-0.2, 0) is 10.0 Å². The Balaban J connectivity index is 1.48. The summed E-state index contributed by atoms with van der Waals surface area (Å²) >= 11 is 0. The van der Waals surface area contributed by atoms with E-state index in [1.807, 2.05) is 24.3 Å². The van der Waals surface area contributed by atoms with Crippen LogP contribution in [0.3, 0.4) is 0 Å². The molecule has 0 unspecified atom stereocenters. The van der Waals surface area contributed by atoms with Gasteiger partial charge in [-0.2, -0.15) is 14.5 Å². The first kappa shape index (κ1) is 22.0. The fourth-order valence-electron chi connectivity index (χ4n) is 3.92. The van der Waals surface area contributed by atoms with Crippen LogP contribution in [0.2, 0.25) is 0 Å². The van der Waals surface area contributed by atoms with Crippen LogP contribution < -0.4 is 4.74 Å². The number of nitrogens with one attached hydrogen (secondary N) is 2. The molecular weight excluding hydrogens is 432 g/mol. The molecule has 0 aliphatic carbocycles. The summed E-state index contributed by atoms with van der Waals surface area (Å²) in [6.07, 6.45) is 0.539. The predicted molar refractivity (Wildman–Crippen MR) is 118 cm³/mol. The molecule has 1 aliphatic rings. The number of sulfonamides is 1. The lowest BCUT2D eigenvalue weighted by molar-refractivity contribution is 0.0758. The highest BCUT2D eigenvalue weighted by atomic mass is 32.2. The summed E-state index contributed by atoms with van der Waals surface area (Å²) < 4.78 is 33.0. The predicted octanol–water partition coefficient (Wildman–Crippen LogP) is 1.96. The van der Waals surface area contributed by atoms with Gasteiger partial charge in [0.2, 0.25) is 10.0 Å².